The lowest BCUT2D eigenvalue weighted by Crippen LogP contribution is -2.07. The van der Waals surface area contributed by atoms with E-state index >= 15 is 0 Å². The van der Waals surface area contributed by atoms with Gasteiger partial charge in [-0.05, 0) is 39.0 Å². The molecule has 1 aliphatic carbocycles. The molecule has 0 aliphatic heterocycles. The molecular formula is C10H15NO2. The van der Waals surface area contributed by atoms with Crippen molar-refractivity contribution in [1.29, 1.82) is 0 Å². The highest BCUT2D eigenvalue weighted by molar-refractivity contribution is 5.10. The molecule has 3 heteroatoms. The first-order valence-corrected chi connectivity index (χ1v) is 4.57. The van der Waals surface area contributed by atoms with E-state index in [0.29, 0.717) is 5.92 Å². The standard InChI is InChI=1S/C10H15NO2/c1-8-3-5-10(6-4-8)9(2)7-11(12)13/h3,7,10H,4-6H2,1-2H3/b9-7-/t10-/m0/s1. The fourth-order valence-corrected chi connectivity index (χ4v) is 1.65. The van der Waals surface area contributed by atoms with Crippen LogP contribution in [0.2, 0.25) is 0 Å². The Bertz CT molecular complexity index is 266. The summed E-state index contributed by atoms with van der Waals surface area (Å²) in [6, 6.07) is 0. The van der Waals surface area contributed by atoms with Gasteiger partial charge >= 0.3 is 0 Å². The lowest BCUT2D eigenvalue weighted by molar-refractivity contribution is -0.403. The molecule has 1 aliphatic rings. The Morgan fingerprint density at radius 1 is 1.77 bits per heavy atom. The van der Waals surface area contributed by atoms with Crippen molar-refractivity contribution in [1.82, 2.24) is 0 Å². The van der Waals surface area contributed by atoms with Crippen LogP contribution >= 0.6 is 0 Å². The van der Waals surface area contributed by atoms with Gasteiger partial charge in [0.15, 0.2) is 0 Å². The van der Waals surface area contributed by atoms with E-state index < -0.39 is 0 Å². The molecular weight excluding hydrogens is 166 g/mol. The molecule has 0 heterocycles. The molecule has 0 spiro atoms. The van der Waals surface area contributed by atoms with Gasteiger partial charge in [0, 0.05) is 5.57 Å². The van der Waals surface area contributed by atoms with Crippen molar-refractivity contribution in [2.75, 3.05) is 0 Å². The van der Waals surface area contributed by atoms with E-state index in [-0.39, 0.29) is 4.92 Å². The highest BCUT2D eigenvalue weighted by Gasteiger charge is 2.15. The third-order valence-electron chi connectivity index (χ3n) is 2.59. The zero-order chi connectivity index (χ0) is 9.84. The Morgan fingerprint density at radius 2 is 2.46 bits per heavy atom. The molecule has 0 unspecified atom stereocenters. The number of nitrogens with zero attached hydrogens (tertiary/aromatic N) is 1. The van der Waals surface area contributed by atoms with Crippen molar-refractivity contribution in [3.63, 3.8) is 0 Å². The van der Waals surface area contributed by atoms with Crippen LogP contribution in [0, 0.1) is 16.0 Å². The van der Waals surface area contributed by atoms with Gasteiger partial charge in [-0.2, -0.15) is 0 Å². The molecule has 0 saturated heterocycles. The molecule has 1 rings (SSSR count). The molecule has 0 N–H and O–H groups in total. The molecule has 0 aromatic carbocycles. The van der Waals surface area contributed by atoms with Crippen LogP contribution in [0.5, 0.6) is 0 Å². The van der Waals surface area contributed by atoms with Crippen LogP contribution in [0.25, 0.3) is 0 Å². The van der Waals surface area contributed by atoms with Gasteiger partial charge < -0.3 is 0 Å². The predicted molar refractivity (Wildman–Crippen MR) is 51.8 cm³/mol. The van der Waals surface area contributed by atoms with Gasteiger partial charge in [0.25, 0.3) is 0 Å². The van der Waals surface area contributed by atoms with Gasteiger partial charge in [0.05, 0.1) is 4.92 Å². The van der Waals surface area contributed by atoms with Crippen LogP contribution in [0.3, 0.4) is 0 Å². The zero-order valence-electron chi connectivity index (χ0n) is 8.12. The Hall–Kier alpha value is -1.12. The fraction of sp³-hybridized carbons (Fsp3) is 0.600. The van der Waals surface area contributed by atoms with Crippen molar-refractivity contribution < 1.29 is 4.92 Å². The van der Waals surface area contributed by atoms with Crippen molar-refractivity contribution in [2.24, 2.45) is 5.92 Å². The molecule has 1 atom stereocenters. The van der Waals surface area contributed by atoms with Gasteiger partial charge in [-0.15, -0.1) is 0 Å². The zero-order valence-corrected chi connectivity index (χ0v) is 8.12. The highest BCUT2D eigenvalue weighted by Crippen LogP contribution is 2.28. The fourth-order valence-electron chi connectivity index (χ4n) is 1.65. The highest BCUT2D eigenvalue weighted by atomic mass is 16.6. The summed E-state index contributed by atoms with van der Waals surface area (Å²) in [4.78, 5) is 9.87. The largest absolute Gasteiger partial charge is 0.259 e. The molecule has 13 heavy (non-hydrogen) atoms. The van der Waals surface area contributed by atoms with Crippen molar-refractivity contribution in [3.8, 4) is 0 Å². The summed E-state index contributed by atoms with van der Waals surface area (Å²) in [5.41, 5.74) is 2.30. The third-order valence-corrected chi connectivity index (χ3v) is 2.59. The second-order valence-corrected chi connectivity index (χ2v) is 3.68. The summed E-state index contributed by atoms with van der Waals surface area (Å²) in [6.07, 6.45) is 6.42. The summed E-state index contributed by atoms with van der Waals surface area (Å²) in [6.45, 7) is 3.96. The van der Waals surface area contributed by atoms with Crippen molar-refractivity contribution in [2.45, 2.75) is 33.1 Å². The number of rotatable bonds is 2. The predicted octanol–water partition coefficient (Wildman–Crippen LogP) is 2.91. The van der Waals surface area contributed by atoms with Crippen molar-refractivity contribution in [3.05, 3.63) is 33.5 Å². The van der Waals surface area contributed by atoms with Gasteiger partial charge in [0.2, 0.25) is 6.20 Å². The lowest BCUT2D eigenvalue weighted by Gasteiger charge is -2.19. The van der Waals surface area contributed by atoms with Crippen LogP contribution in [0.15, 0.2) is 23.4 Å². The number of nitro groups is 1. The summed E-state index contributed by atoms with van der Waals surface area (Å²) in [5.74, 6) is 0.383. The second kappa shape index (κ2) is 4.21. The molecule has 0 aromatic rings. The Balaban J connectivity index is 2.60. The average Bonchev–Trinajstić information content (AvgIpc) is 2.04. The van der Waals surface area contributed by atoms with Crippen molar-refractivity contribution >= 4 is 0 Å². The van der Waals surface area contributed by atoms with Crippen LogP contribution in [0.4, 0.5) is 0 Å². The Morgan fingerprint density at radius 3 is 2.92 bits per heavy atom. The molecule has 0 radical (unpaired) electrons. The summed E-state index contributed by atoms with van der Waals surface area (Å²) < 4.78 is 0. The molecule has 72 valence electrons. The molecule has 0 amide bonds. The smallest absolute Gasteiger partial charge is 0.233 e. The second-order valence-electron chi connectivity index (χ2n) is 3.68. The molecule has 0 aromatic heterocycles. The summed E-state index contributed by atoms with van der Waals surface area (Å²) in [7, 11) is 0. The summed E-state index contributed by atoms with van der Waals surface area (Å²) >= 11 is 0. The van der Waals surface area contributed by atoms with E-state index in [0.717, 1.165) is 31.0 Å². The van der Waals surface area contributed by atoms with Crippen LogP contribution in [-0.4, -0.2) is 4.92 Å². The van der Waals surface area contributed by atoms with Gasteiger partial charge in [-0.1, -0.05) is 11.6 Å². The maximum atomic E-state index is 10.2. The van der Waals surface area contributed by atoms with E-state index in [1.165, 1.54) is 5.57 Å². The minimum absolute atomic E-state index is 0.361. The number of hydrogen-bond donors (Lipinski definition) is 0. The number of hydrogen-bond acceptors (Lipinski definition) is 2. The van der Waals surface area contributed by atoms with E-state index in [1.807, 2.05) is 6.92 Å². The van der Waals surface area contributed by atoms with E-state index in [9.17, 15) is 10.1 Å². The third kappa shape index (κ3) is 3.01. The summed E-state index contributed by atoms with van der Waals surface area (Å²) in [5, 5.41) is 10.2. The first kappa shape index (κ1) is 9.96. The first-order valence-electron chi connectivity index (χ1n) is 4.57. The monoisotopic (exact) mass is 181 g/mol. The van der Waals surface area contributed by atoms with E-state index in [1.54, 1.807) is 0 Å². The number of allylic oxidation sites excluding steroid dienone is 3. The normalized spacial score (nSPS) is 24.0. The van der Waals surface area contributed by atoms with E-state index in [2.05, 4.69) is 13.0 Å². The van der Waals surface area contributed by atoms with Gasteiger partial charge in [0.1, 0.15) is 0 Å². The SMILES string of the molecule is CC1=CC[C@H](/C(C)=C\[N+](=O)[O-])CC1. The minimum Gasteiger partial charge on any atom is -0.259 e. The Labute approximate surface area is 78.3 Å². The maximum absolute atomic E-state index is 10.2. The maximum Gasteiger partial charge on any atom is 0.233 e. The van der Waals surface area contributed by atoms with E-state index in [4.69, 9.17) is 0 Å². The first-order chi connectivity index (χ1) is 6.09. The lowest BCUT2D eigenvalue weighted by atomic mass is 9.86. The Kier molecular flexibility index (Phi) is 3.23. The molecule has 0 bridgehead atoms. The van der Waals surface area contributed by atoms with Gasteiger partial charge in [-0.25, -0.2) is 0 Å². The quantitative estimate of drug-likeness (QED) is 0.373. The molecule has 0 saturated carbocycles. The topological polar surface area (TPSA) is 43.1 Å². The van der Waals surface area contributed by atoms with Gasteiger partial charge in [-0.3, -0.25) is 10.1 Å². The minimum atomic E-state index is -0.361. The average molecular weight is 181 g/mol. The van der Waals surface area contributed by atoms with Crippen LogP contribution in [0.1, 0.15) is 33.1 Å². The molecule has 0 fully saturated rings. The molecule has 3 nitrogen and oxygen atoms in total. The van der Waals surface area contributed by atoms with Crippen LogP contribution in [-0.2, 0) is 0 Å². The van der Waals surface area contributed by atoms with Crippen LogP contribution < -0.4 is 0 Å².